The van der Waals surface area contributed by atoms with Crippen molar-refractivity contribution in [2.24, 2.45) is 17.8 Å². The van der Waals surface area contributed by atoms with Gasteiger partial charge in [0.2, 0.25) is 5.95 Å². The van der Waals surface area contributed by atoms with E-state index in [4.69, 9.17) is 0 Å². The van der Waals surface area contributed by atoms with E-state index >= 15 is 0 Å². The molecule has 180 valence electrons. The lowest BCUT2D eigenvalue weighted by Gasteiger charge is -2.45. The fourth-order valence-corrected chi connectivity index (χ4v) is 7.11. The minimum Gasteiger partial charge on any atom is -0.394 e. The number of rotatable bonds is 6. The highest BCUT2D eigenvalue weighted by Crippen LogP contribution is 2.53. The Morgan fingerprint density at radius 2 is 1.69 bits per heavy atom. The summed E-state index contributed by atoms with van der Waals surface area (Å²) in [6.45, 7) is -0.0622. The second kappa shape index (κ2) is 8.91. The Morgan fingerprint density at radius 1 is 1.03 bits per heavy atom. The van der Waals surface area contributed by atoms with Gasteiger partial charge in [0.15, 0.2) is 5.69 Å². The number of anilines is 1. The van der Waals surface area contributed by atoms with Crippen molar-refractivity contribution in [2.45, 2.75) is 94.4 Å². The van der Waals surface area contributed by atoms with E-state index in [9.17, 15) is 18.3 Å². The fourth-order valence-electron chi connectivity index (χ4n) is 7.11. The molecule has 5 saturated carbocycles. The molecule has 1 heterocycles. The van der Waals surface area contributed by atoms with Gasteiger partial charge in [0.1, 0.15) is 0 Å². The van der Waals surface area contributed by atoms with Crippen LogP contribution in [0.1, 0.15) is 81.9 Å². The SMILES string of the molecule is Cl.OCC1(NCc2cnc(NC34CCC5CC(CC(C5)C3)C4)nc2C(F)(F)F)CCCC1. The molecule has 0 aromatic carbocycles. The Kier molecular flexibility index (Phi) is 6.69. The van der Waals surface area contributed by atoms with Gasteiger partial charge in [0.25, 0.3) is 0 Å². The summed E-state index contributed by atoms with van der Waals surface area (Å²) in [5.41, 5.74) is -1.48. The predicted molar refractivity (Wildman–Crippen MR) is 119 cm³/mol. The van der Waals surface area contributed by atoms with Crippen molar-refractivity contribution < 1.29 is 18.3 Å². The van der Waals surface area contributed by atoms with E-state index < -0.39 is 17.4 Å². The molecule has 0 aliphatic heterocycles. The molecule has 4 bridgehead atoms. The Labute approximate surface area is 193 Å². The molecular formula is C23H34ClF3N4O. The highest BCUT2D eigenvalue weighted by Gasteiger charge is 2.48. The molecular weight excluding hydrogens is 441 g/mol. The average Bonchev–Trinajstić information content (AvgIpc) is 3.11. The smallest absolute Gasteiger partial charge is 0.394 e. The van der Waals surface area contributed by atoms with Crippen molar-refractivity contribution in [1.29, 1.82) is 0 Å². The topological polar surface area (TPSA) is 70.1 Å². The molecule has 5 fully saturated rings. The molecule has 0 spiro atoms. The lowest BCUT2D eigenvalue weighted by Crippen LogP contribution is -2.46. The monoisotopic (exact) mass is 474 g/mol. The van der Waals surface area contributed by atoms with E-state index in [0.717, 1.165) is 57.3 Å². The van der Waals surface area contributed by atoms with E-state index in [0.29, 0.717) is 11.8 Å². The molecule has 32 heavy (non-hydrogen) atoms. The van der Waals surface area contributed by atoms with Crippen LogP contribution in [0.2, 0.25) is 0 Å². The summed E-state index contributed by atoms with van der Waals surface area (Å²) in [5, 5.41) is 16.3. The van der Waals surface area contributed by atoms with Crippen molar-refractivity contribution in [3.05, 3.63) is 17.5 Å². The zero-order valence-corrected chi connectivity index (χ0v) is 19.2. The van der Waals surface area contributed by atoms with E-state index in [1.54, 1.807) is 0 Å². The van der Waals surface area contributed by atoms with Gasteiger partial charge in [-0.1, -0.05) is 12.8 Å². The van der Waals surface area contributed by atoms with Gasteiger partial charge in [0, 0.05) is 29.4 Å². The summed E-state index contributed by atoms with van der Waals surface area (Å²) < 4.78 is 41.6. The number of aromatic nitrogens is 2. The highest BCUT2D eigenvalue weighted by molar-refractivity contribution is 5.85. The number of nitrogens with one attached hydrogen (secondary N) is 2. The number of hydrogen-bond acceptors (Lipinski definition) is 5. The summed E-state index contributed by atoms with van der Waals surface area (Å²) in [6, 6.07) is 0. The molecule has 3 N–H and O–H groups in total. The number of aliphatic hydroxyl groups excluding tert-OH is 1. The van der Waals surface area contributed by atoms with Crippen LogP contribution in [-0.2, 0) is 12.7 Å². The minimum absolute atomic E-state index is 0. The number of halogens is 4. The summed E-state index contributed by atoms with van der Waals surface area (Å²) >= 11 is 0. The second-order valence-electron chi connectivity index (χ2n) is 10.7. The number of hydrogen-bond donors (Lipinski definition) is 3. The van der Waals surface area contributed by atoms with Gasteiger partial charge in [-0.25, -0.2) is 9.97 Å². The molecule has 1 aromatic heterocycles. The predicted octanol–water partition coefficient (Wildman–Crippen LogP) is 5.08. The lowest BCUT2D eigenvalue weighted by molar-refractivity contribution is -0.141. The normalized spacial score (nSPS) is 33.1. The molecule has 0 saturated heterocycles. The minimum atomic E-state index is -4.55. The highest BCUT2D eigenvalue weighted by atomic mass is 35.5. The maximum atomic E-state index is 13.9. The molecule has 0 amide bonds. The number of nitrogens with zero attached hydrogens (tertiary/aromatic N) is 2. The zero-order chi connectivity index (χ0) is 21.7. The third-order valence-electron chi connectivity index (χ3n) is 8.42. The summed E-state index contributed by atoms with van der Waals surface area (Å²) in [7, 11) is 0. The molecule has 2 atom stereocenters. The molecule has 9 heteroatoms. The van der Waals surface area contributed by atoms with Crippen LogP contribution >= 0.6 is 12.4 Å². The number of alkyl halides is 3. The van der Waals surface area contributed by atoms with Gasteiger partial charge in [-0.05, 0) is 75.5 Å². The zero-order valence-electron chi connectivity index (χ0n) is 18.4. The van der Waals surface area contributed by atoms with Crippen LogP contribution in [0.25, 0.3) is 0 Å². The average molecular weight is 475 g/mol. The fraction of sp³-hybridized carbons (Fsp3) is 0.826. The summed E-state index contributed by atoms with van der Waals surface area (Å²) in [4.78, 5) is 8.32. The van der Waals surface area contributed by atoms with Crippen LogP contribution in [0.4, 0.5) is 19.1 Å². The van der Waals surface area contributed by atoms with Crippen LogP contribution in [0.5, 0.6) is 0 Å². The first-order valence-corrected chi connectivity index (χ1v) is 11.9. The third kappa shape index (κ3) is 4.73. The van der Waals surface area contributed by atoms with Gasteiger partial charge in [-0.3, -0.25) is 0 Å². The second-order valence-corrected chi connectivity index (χ2v) is 10.7. The van der Waals surface area contributed by atoms with Crippen LogP contribution in [0, 0.1) is 17.8 Å². The summed E-state index contributed by atoms with van der Waals surface area (Å²) in [5.74, 6) is 2.25. The standard InChI is InChI=1S/C23H33F3N4O.ClH/c24-23(25,26)19-18(13-28-21(14-31)4-1-2-5-21)12-27-20(29-19)30-22-6-3-15-7-16(10-22)9-17(8-15)11-22;/h12,15-17,28,31H,1-11,13-14H2,(H,27,29,30);1H. The Hall–Kier alpha value is -1.12. The molecule has 0 radical (unpaired) electrons. The Bertz CT molecular complexity index is 801. The van der Waals surface area contributed by atoms with Crippen LogP contribution in [-0.4, -0.2) is 32.8 Å². The molecule has 2 unspecified atom stereocenters. The van der Waals surface area contributed by atoms with Gasteiger partial charge in [0.05, 0.1) is 6.61 Å². The Morgan fingerprint density at radius 3 is 2.31 bits per heavy atom. The van der Waals surface area contributed by atoms with Crippen molar-refractivity contribution >= 4 is 18.4 Å². The van der Waals surface area contributed by atoms with Crippen molar-refractivity contribution in [3.63, 3.8) is 0 Å². The maximum absolute atomic E-state index is 13.9. The van der Waals surface area contributed by atoms with Crippen molar-refractivity contribution in [1.82, 2.24) is 15.3 Å². The first-order valence-electron chi connectivity index (χ1n) is 11.9. The number of aliphatic hydroxyl groups is 1. The van der Waals surface area contributed by atoms with Crippen LogP contribution < -0.4 is 10.6 Å². The van der Waals surface area contributed by atoms with Gasteiger partial charge in [-0.2, -0.15) is 13.2 Å². The van der Waals surface area contributed by atoms with E-state index in [2.05, 4.69) is 20.6 Å². The Balaban J connectivity index is 0.00000245. The largest absolute Gasteiger partial charge is 0.433 e. The first-order chi connectivity index (χ1) is 14.8. The molecule has 5 nitrogen and oxygen atoms in total. The van der Waals surface area contributed by atoms with Gasteiger partial charge < -0.3 is 15.7 Å². The van der Waals surface area contributed by atoms with Crippen LogP contribution in [0.15, 0.2) is 6.20 Å². The van der Waals surface area contributed by atoms with E-state index in [-0.39, 0.29) is 42.6 Å². The van der Waals surface area contributed by atoms with Crippen LogP contribution in [0.3, 0.4) is 0 Å². The maximum Gasteiger partial charge on any atom is 0.433 e. The quantitative estimate of drug-likeness (QED) is 0.536. The van der Waals surface area contributed by atoms with Crippen molar-refractivity contribution in [3.8, 4) is 0 Å². The lowest BCUT2D eigenvalue weighted by atomic mass is 9.65. The third-order valence-corrected chi connectivity index (χ3v) is 8.42. The van der Waals surface area contributed by atoms with Crippen molar-refractivity contribution in [2.75, 3.05) is 11.9 Å². The molecule has 6 rings (SSSR count). The van der Waals surface area contributed by atoms with E-state index in [1.165, 1.54) is 25.5 Å². The molecule has 5 aliphatic rings. The van der Waals surface area contributed by atoms with Gasteiger partial charge in [-0.15, -0.1) is 12.4 Å². The molecule has 5 aliphatic carbocycles. The number of fused-ring (bicyclic) bond motifs is 1. The first kappa shape index (κ1) is 24.0. The summed E-state index contributed by atoms with van der Waals surface area (Å²) in [6.07, 6.45) is 8.27. The van der Waals surface area contributed by atoms with Gasteiger partial charge >= 0.3 is 6.18 Å². The molecule has 1 aromatic rings. The van der Waals surface area contributed by atoms with E-state index in [1.807, 2.05) is 0 Å².